The number of nitrogens with one attached hydrogen (secondary N) is 1. The molecule has 3 heterocycles. The van der Waals surface area contributed by atoms with Crippen molar-refractivity contribution in [2.45, 2.75) is 130 Å². The Labute approximate surface area is 297 Å². The van der Waals surface area contributed by atoms with E-state index in [1.807, 2.05) is 0 Å². The van der Waals surface area contributed by atoms with Gasteiger partial charge in [0, 0.05) is 49.1 Å². The normalized spacial score (nSPS) is 33.5. The van der Waals surface area contributed by atoms with Gasteiger partial charge in [-0.2, -0.15) is 0 Å². The first-order valence-electron chi connectivity index (χ1n) is 20.1. The van der Waals surface area contributed by atoms with Crippen LogP contribution in [0.15, 0.2) is 33.0 Å². The molecule has 0 saturated heterocycles. The molecule has 3 fully saturated rings. The van der Waals surface area contributed by atoms with Crippen molar-refractivity contribution >= 4 is 28.3 Å². The molecule has 270 valence electrons. The quantitative estimate of drug-likeness (QED) is 0.121. The summed E-state index contributed by atoms with van der Waals surface area (Å²) in [6.45, 7) is 9.98. The summed E-state index contributed by atoms with van der Waals surface area (Å²) in [5.41, 5.74) is 6.06. The van der Waals surface area contributed by atoms with Gasteiger partial charge in [0.15, 0.2) is 5.78 Å². The van der Waals surface area contributed by atoms with Gasteiger partial charge in [0.2, 0.25) is 5.91 Å². The zero-order chi connectivity index (χ0) is 34.8. The van der Waals surface area contributed by atoms with E-state index < -0.39 is 5.63 Å². The van der Waals surface area contributed by atoms with Crippen LogP contribution in [0.4, 0.5) is 5.69 Å². The number of aliphatic hydroxyl groups excluding tert-OH is 1. The summed E-state index contributed by atoms with van der Waals surface area (Å²) in [6.07, 6.45) is 17.9. The molecule has 4 aliphatic carbocycles. The molecule has 6 aliphatic rings. The number of ketones is 1. The number of benzene rings is 1. The molecule has 8 rings (SSSR count). The molecule has 1 amide bonds. The number of aliphatic hydroxyl groups is 1. The second-order valence-corrected chi connectivity index (χ2v) is 17.7. The third-order valence-corrected chi connectivity index (χ3v) is 15.1. The number of amides is 1. The number of carbonyl (C=O) groups is 2. The van der Waals surface area contributed by atoms with Crippen LogP contribution >= 0.6 is 0 Å². The molecule has 2 aliphatic heterocycles. The number of anilines is 1. The van der Waals surface area contributed by atoms with Crippen molar-refractivity contribution in [1.29, 1.82) is 0 Å². The van der Waals surface area contributed by atoms with E-state index in [0.717, 1.165) is 93.2 Å². The summed E-state index contributed by atoms with van der Waals surface area (Å²) >= 11 is 0. The highest BCUT2D eigenvalue weighted by molar-refractivity contribution is 5.99. The largest absolute Gasteiger partial charge is 0.422 e. The monoisotopic (exact) mass is 682 g/mol. The van der Waals surface area contributed by atoms with E-state index in [1.54, 1.807) is 6.07 Å². The third-order valence-electron chi connectivity index (χ3n) is 15.1. The number of allylic oxidation sites excluding steroid dienone is 1. The summed E-state index contributed by atoms with van der Waals surface area (Å²) < 4.78 is 5.84. The summed E-state index contributed by atoms with van der Waals surface area (Å²) in [5, 5.41) is 14.3. The number of rotatable bonds is 9. The molecule has 2 aromatic rings. The van der Waals surface area contributed by atoms with E-state index in [-0.39, 0.29) is 35.2 Å². The van der Waals surface area contributed by atoms with E-state index in [1.165, 1.54) is 48.9 Å². The van der Waals surface area contributed by atoms with Gasteiger partial charge >= 0.3 is 5.63 Å². The Bertz CT molecular complexity index is 1760. The number of Topliss-reactive ketones (excluding diaryl/α,β-unsaturated/α-hetero) is 1. The maximum atomic E-state index is 13.2. The molecular weight excluding hydrogens is 624 g/mol. The fraction of sp³-hybridized carbons (Fsp3) is 0.698. The van der Waals surface area contributed by atoms with Crippen LogP contribution in [0.5, 0.6) is 0 Å². The predicted molar refractivity (Wildman–Crippen MR) is 198 cm³/mol. The Balaban J connectivity index is 0.824. The number of carbonyl (C=O) groups excluding carboxylic acids is 2. The number of fused-ring (bicyclic) bond motifs is 7. The Morgan fingerprint density at radius 3 is 2.70 bits per heavy atom. The van der Waals surface area contributed by atoms with Crippen LogP contribution in [-0.2, 0) is 17.6 Å². The van der Waals surface area contributed by atoms with Crippen molar-refractivity contribution in [3.8, 4) is 0 Å². The van der Waals surface area contributed by atoms with Crippen LogP contribution in [0.2, 0.25) is 0 Å². The minimum Gasteiger partial charge on any atom is -0.422 e. The van der Waals surface area contributed by atoms with Gasteiger partial charge in [-0.3, -0.25) is 9.59 Å². The molecule has 1 aromatic heterocycles. The van der Waals surface area contributed by atoms with Crippen LogP contribution in [0, 0.1) is 40.4 Å². The lowest BCUT2D eigenvalue weighted by molar-refractivity contribution is -0.121. The van der Waals surface area contributed by atoms with Gasteiger partial charge in [-0.15, -0.1) is 0 Å². The van der Waals surface area contributed by atoms with E-state index >= 15 is 0 Å². The molecule has 8 atom stereocenters. The summed E-state index contributed by atoms with van der Waals surface area (Å²) in [7, 11) is 0. The van der Waals surface area contributed by atoms with Crippen LogP contribution in [0.1, 0.15) is 132 Å². The van der Waals surface area contributed by atoms with Gasteiger partial charge in [-0.25, -0.2) is 4.79 Å². The average molecular weight is 683 g/mol. The molecule has 1 aromatic carbocycles. The van der Waals surface area contributed by atoms with Gasteiger partial charge in [0.25, 0.3) is 0 Å². The van der Waals surface area contributed by atoms with Crippen molar-refractivity contribution in [1.82, 2.24) is 5.32 Å². The highest BCUT2D eigenvalue weighted by atomic mass is 16.4. The van der Waals surface area contributed by atoms with E-state index in [2.05, 4.69) is 43.1 Å². The van der Waals surface area contributed by atoms with E-state index in [0.29, 0.717) is 42.2 Å². The lowest BCUT2D eigenvalue weighted by Gasteiger charge is -2.58. The summed E-state index contributed by atoms with van der Waals surface area (Å²) in [6, 6.07) is 3.87. The molecule has 7 nitrogen and oxygen atoms in total. The zero-order valence-electron chi connectivity index (χ0n) is 30.7. The van der Waals surface area contributed by atoms with Gasteiger partial charge < -0.3 is 19.7 Å². The minimum absolute atomic E-state index is 0.0584. The Kier molecular flexibility index (Phi) is 9.05. The molecule has 8 unspecified atom stereocenters. The first-order valence-corrected chi connectivity index (χ1v) is 20.1. The highest BCUT2D eigenvalue weighted by Gasteiger charge is 2.59. The highest BCUT2D eigenvalue weighted by Crippen LogP contribution is 2.67. The molecule has 7 heteroatoms. The first-order chi connectivity index (χ1) is 24.1. The van der Waals surface area contributed by atoms with Gasteiger partial charge in [-0.05, 0) is 148 Å². The van der Waals surface area contributed by atoms with Crippen LogP contribution < -0.4 is 15.8 Å². The SMILES string of the molecule is CC(CCC(=O)NCCCC(=O)c1cc2cc3c4c(c2oc1=O)CCCN4CCC3)C1CCC2C3CC=C4CC(O)CCC4(C)C3CCC12C. The smallest absolute Gasteiger partial charge is 0.347 e. The zero-order valence-corrected chi connectivity index (χ0v) is 30.7. The van der Waals surface area contributed by atoms with E-state index in [4.69, 9.17) is 4.42 Å². The van der Waals surface area contributed by atoms with Crippen molar-refractivity contribution in [3.63, 3.8) is 0 Å². The van der Waals surface area contributed by atoms with Crippen LogP contribution in [0.25, 0.3) is 11.0 Å². The van der Waals surface area contributed by atoms with Crippen molar-refractivity contribution in [2.24, 2.45) is 40.4 Å². The fourth-order valence-electron chi connectivity index (χ4n) is 12.5. The predicted octanol–water partition coefficient (Wildman–Crippen LogP) is 7.93. The fourth-order valence-corrected chi connectivity index (χ4v) is 12.5. The minimum atomic E-state index is -0.547. The van der Waals surface area contributed by atoms with Gasteiger partial charge in [0.05, 0.1) is 6.10 Å². The van der Waals surface area contributed by atoms with E-state index in [9.17, 15) is 19.5 Å². The average Bonchev–Trinajstić information content (AvgIpc) is 3.47. The molecule has 3 saturated carbocycles. The molecule has 50 heavy (non-hydrogen) atoms. The standard InChI is InChI=1S/C43H58N2O5/c1-26(34-13-14-35-31-12-11-29-25-30(46)16-18-42(29,2)36(31)17-19-43(34,35)3)10-15-38(48)44-20-4-9-37(47)33-24-28-23-27-7-5-21-45-22-6-8-32(39(27)45)40(28)50-41(33)49/h11,23-24,26,30-31,34-36,46H,4-10,12-22,25H2,1-3H3,(H,44,48). The number of nitrogens with zero attached hydrogens (tertiary/aromatic N) is 1. The van der Waals surface area contributed by atoms with Crippen LogP contribution in [0.3, 0.4) is 0 Å². The van der Waals surface area contributed by atoms with Gasteiger partial charge in [-0.1, -0.05) is 32.4 Å². The van der Waals surface area contributed by atoms with Crippen molar-refractivity contribution in [2.75, 3.05) is 24.5 Å². The topological polar surface area (TPSA) is 99.8 Å². The Morgan fingerprint density at radius 1 is 1.04 bits per heavy atom. The second kappa shape index (κ2) is 13.2. The lowest BCUT2D eigenvalue weighted by atomic mass is 9.47. The maximum absolute atomic E-state index is 13.2. The van der Waals surface area contributed by atoms with Crippen LogP contribution in [-0.4, -0.2) is 42.5 Å². The second-order valence-electron chi connectivity index (χ2n) is 17.7. The lowest BCUT2D eigenvalue weighted by Crippen LogP contribution is -2.50. The van der Waals surface area contributed by atoms with Crippen molar-refractivity contribution < 1.29 is 19.1 Å². The number of hydrogen-bond donors (Lipinski definition) is 2. The molecule has 0 bridgehead atoms. The summed E-state index contributed by atoms with van der Waals surface area (Å²) in [5.74, 6) is 3.26. The first kappa shape index (κ1) is 34.2. The Hall–Kier alpha value is -2.93. The molecule has 0 spiro atoms. The van der Waals surface area contributed by atoms with Crippen molar-refractivity contribution in [3.05, 3.63) is 50.9 Å². The third kappa shape index (κ3) is 5.78. The molecule has 2 N–H and O–H groups in total. The summed E-state index contributed by atoms with van der Waals surface area (Å²) in [4.78, 5) is 41.5. The number of aryl methyl sites for hydroxylation is 2. The number of hydrogen-bond acceptors (Lipinski definition) is 6. The maximum Gasteiger partial charge on any atom is 0.347 e. The molecule has 0 radical (unpaired) electrons. The molecular formula is C43H58N2O5. The Morgan fingerprint density at radius 2 is 1.86 bits per heavy atom. The van der Waals surface area contributed by atoms with Gasteiger partial charge in [0.1, 0.15) is 11.1 Å².